The Kier molecular flexibility index (Phi) is 10.3. The molecule has 0 spiro atoms. The fourth-order valence-corrected chi connectivity index (χ4v) is 1.25. The molecule has 86 valence electrons. The van der Waals surface area contributed by atoms with E-state index in [1.807, 2.05) is 0 Å². The van der Waals surface area contributed by atoms with Crippen LogP contribution in [0, 0.1) is 0 Å². The SMILES string of the molecule is C=CC=CC(=O)OCCCCCCCC. The lowest BCUT2D eigenvalue weighted by Crippen LogP contribution is -2.01. The van der Waals surface area contributed by atoms with Gasteiger partial charge in [-0.25, -0.2) is 4.79 Å². The van der Waals surface area contributed by atoms with Crippen molar-refractivity contribution >= 4 is 5.97 Å². The van der Waals surface area contributed by atoms with Crippen LogP contribution in [0.3, 0.4) is 0 Å². The average Bonchev–Trinajstić information content (AvgIpc) is 2.25. The van der Waals surface area contributed by atoms with Crippen molar-refractivity contribution in [2.45, 2.75) is 45.4 Å². The Labute approximate surface area is 93.0 Å². The molecule has 0 aliphatic rings. The molecule has 0 aromatic carbocycles. The zero-order valence-corrected chi connectivity index (χ0v) is 9.71. The van der Waals surface area contributed by atoms with Crippen molar-refractivity contribution in [1.82, 2.24) is 0 Å². The van der Waals surface area contributed by atoms with Crippen molar-refractivity contribution in [1.29, 1.82) is 0 Å². The Morgan fingerprint density at radius 3 is 2.53 bits per heavy atom. The average molecular weight is 210 g/mol. The molecule has 0 bridgehead atoms. The Bertz CT molecular complexity index is 195. The summed E-state index contributed by atoms with van der Waals surface area (Å²) in [4.78, 5) is 11.0. The third kappa shape index (κ3) is 10.9. The third-order valence-electron chi connectivity index (χ3n) is 2.11. The minimum Gasteiger partial charge on any atom is -0.463 e. The summed E-state index contributed by atoms with van der Waals surface area (Å²) in [5, 5.41) is 0. The highest BCUT2D eigenvalue weighted by Gasteiger charge is 1.95. The fraction of sp³-hybridized carbons (Fsp3) is 0.615. The molecule has 0 radical (unpaired) electrons. The number of hydrogen-bond acceptors (Lipinski definition) is 2. The van der Waals surface area contributed by atoms with E-state index >= 15 is 0 Å². The van der Waals surface area contributed by atoms with Gasteiger partial charge in [-0.2, -0.15) is 0 Å². The standard InChI is InChI=1S/C13H22O2/c1-3-5-7-8-9-10-12-15-13(14)11-6-4-2/h4,6,11H,2-3,5,7-10,12H2,1H3. The van der Waals surface area contributed by atoms with Gasteiger partial charge in [0.1, 0.15) is 0 Å². The normalized spacial score (nSPS) is 10.5. The fourth-order valence-electron chi connectivity index (χ4n) is 1.25. The number of carbonyl (C=O) groups is 1. The summed E-state index contributed by atoms with van der Waals surface area (Å²) in [5.41, 5.74) is 0. The molecule has 0 aromatic heterocycles. The first-order valence-corrected chi connectivity index (χ1v) is 5.77. The molecule has 0 atom stereocenters. The zero-order chi connectivity index (χ0) is 11.4. The summed E-state index contributed by atoms with van der Waals surface area (Å²) in [6.07, 6.45) is 11.8. The van der Waals surface area contributed by atoms with E-state index < -0.39 is 0 Å². The van der Waals surface area contributed by atoms with E-state index in [0.29, 0.717) is 6.61 Å². The van der Waals surface area contributed by atoms with Crippen LogP contribution >= 0.6 is 0 Å². The molecule has 2 nitrogen and oxygen atoms in total. The van der Waals surface area contributed by atoms with Gasteiger partial charge in [-0.15, -0.1) is 0 Å². The predicted molar refractivity (Wildman–Crippen MR) is 63.7 cm³/mol. The molecule has 0 amide bonds. The molecule has 0 saturated heterocycles. The van der Waals surface area contributed by atoms with E-state index in [1.165, 1.54) is 31.8 Å². The summed E-state index contributed by atoms with van der Waals surface area (Å²) in [7, 11) is 0. The maximum atomic E-state index is 11.0. The van der Waals surface area contributed by atoms with Crippen molar-refractivity contribution in [2.24, 2.45) is 0 Å². The highest BCUT2D eigenvalue weighted by Crippen LogP contribution is 2.04. The molecule has 0 aliphatic heterocycles. The largest absolute Gasteiger partial charge is 0.463 e. The lowest BCUT2D eigenvalue weighted by atomic mass is 10.1. The van der Waals surface area contributed by atoms with Crippen LogP contribution in [-0.2, 0) is 9.53 Å². The van der Waals surface area contributed by atoms with E-state index in [9.17, 15) is 4.79 Å². The minimum absolute atomic E-state index is 0.275. The third-order valence-corrected chi connectivity index (χ3v) is 2.11. The molecule has 0 fully saturated rings. The van der Waals surface area contributed by atoms with Gasteiger partial charge in [0, 0.05) is 6.08 Å². The van der Waals surface area contributed by atoms with Crippen LogP contribution in [-0.4, -0.2) is 12.6 Å². The van der Waals surface area contributed by atoms with Crippen LogP contribution < -0.4 is 0 Å². The van der Waals surface area contributed by atoms with E-state index in [1.54, 1.807) is 12.2 Å². The Morgan fingerprint density at radius 1 is 1.20 bits per heavy atom. The van der Waals surface area contributed by atoms with Gasteiger partial charge in [0.05, 0.1) is 6.61 Å². The maximum Gasteiger partial charge on any atom is 0.330 e. The maximum absolute atomic E-state index is 11.0. The summed E-state index contributed by atoms with van der Waals surface area (Å²) in [5.74, 6) is -0.275. The lowest BCUT2D eigenvalue weighted by molar-refractivity contribution is -0.137. The van der Waals surface area contributed by atoms with Crippen LogP contribution in [0.5, 0.6) is 0 Å². The monoisotopic (exact) mass is 210 g/mol. The van der Waals surface area contributed by atoms with Gasteiger partial charge in [0.15, 0.2) is 0 Å². The Morgan fingerprint density at radius 2 is 1.87 bits per heavy atom. The van der Waals surface area contributed by atoms with Crippen LogP contribution in [0.15, 0.2) is 24.8 Å². The first kappa shape index (κ1) is 13.9. The van der Waals surface area contributed by atoms with Gasteiger partial charge in [0.2, 0.25) is 0 Å². The van der Waals surface area contributed by atoms with Crippen molar-refractivity contribution in [3.8, 4) is 0 Å². The molecule has 0 saturated carbocycles. The lowest BCUT2D eigenvalue weighted by Gasteiger charge is -2.01. The van der Waals surface area contributed by atoms with Crippen molar-refractivity contribution in [2.75, 3.05) is 6.61 Å². The van der Waals surface area contributed by atoms with Gasteiger partial charge >= 0.3 is 5.97 Å². The van der Waals surface area contributed by atoms with Crippen LogP contribution in [0.25, 0.3) is 0 Å². The summed E-state index contributed by atoms with van der Waals surface area (Å²) >= 11 is 0. The number of allylic oxidation sites excluding steroid dienone is 2. The molecule has 2 heteroatoms. The van der Waals surface area contributed by atoms with Crippen molar-refractivity contribution < 1.29 is 9.53 Å². The quantitative estimate of drug-likeness (QED) is 0.251. The molecule has 15 heavy (non-hydrogen) atoms. The molecule has 0 aliphatic carbocycles. The predicted octanol–water partition coefficient (Wildman–Crippen LogP) is 3.63. The number of ether oxygens (including phenoxy) is 1. The van der Waals surface area contributed by atoms with Gasteiger partial charge in [-0.1, -0.05) is 57.8 Å². The summed E-state index contributed by atoms with van der Waals surface area (Å²) < 4.78 is 4.98. The molecular weight excluding hydrogens is 188 g/mol. The zero-order valence-electron chi connectivity index (χ0n) is 9.71. The van der Waals surface area contributed by atoms with Gasteiger partial charge in [-0.05, 0) is 6.42 Å². The molecule has 0 aromatic rings. The van der Waals surface area contributed by atoms with E-state index in [2.05, 4.69) is 13.5 Å². The Hall–Kier alpha value is -1.05. The van der Waals surface area contributed by atoms with Crippen LogP contribution in [0.2, 0.25) is 0 Å². The van der Waals surface area contributed by atoms with Gasteiger partial charge < -0.3 is 4.74 Å². The second-order valence-electron chi connectivity index (χ2n) is 3.53. The van der Waals surface area contributed by atoms with Crippen LogP contribution in [0.1, 0.15) is 45.4 Å². The number of unbranched alkanes of at least 4 members (excludes halogenated alkanes) is 5. The molecule has 0 unspecified atom stereocenters. The van der Waals surface area contributed by atoms with Crippen LogP contribution in [0.4, 0.5) is 0 Å². The molecule has 0 rings (SSSR count). The van der Waals surface area contributed by atoms with Crippen molar-refractivity contribution in [3.05, 3.63) is 24.8 Å². The number of esters is 1. The van der Waals surface area contributed by atoms with E-state index in [4.69, 9.17) is 4.74 Å². The van der Waals surface area contributed by atoms with Gasteiger partial charge in [-0.3, -0.25) is 0 Å². The number of rotatable bonds is 9. The summed E-state index contributed by atoms with van der Waals surface area (Å²) in [6.45, 7) is 6.21. The number of carbonyl (C=O) groups excluding carboxylic acids is 1. The van der Waals surface area contributed by atoms with Gasteiger partial charge in [0.25, 0.3) is 0 Å². The first-order valence-electron chi connectivity index (χ1n) is 5.77. The highest BCUT2D eigenvalue weighted by molar-refractivity contribution is 5.82. The van der Waals surface area contributed by atoms with Crippen molar-refractivity contribution in [3.63, 3.8) is 0 Å². The summed E-state index contributed by atoms with van der Waals surface area (Å²) in [6, 6.07) is 0. The topological polar surface area (TPSA) is 26.3 Å². The molecular formula is C13H22O2. The first-order chi connectivity index (χ1) is 7.31. The van der Waals surface area contributed by atoms with E-state index in [-0.39, 0.29) is 5.97 Å². The van der Waals surface area contributed by atoms with E-state index in [0.717, 1.165) is 12.8 Å². The smallest absolute Gasteiger partial charge is 0.330 e. The Balaban J connectivity index is 3.20. The number of hydrogen-bond donors (Lipinski definition) is 0. The second-order valence-corrected chi connectivity index (χ2v) is 3.53. The second kappa shape index (κ2) is 11.0. The minimum atomic E-state index is -0.275. The highest BCUT2D eigenvalue weighted by atomic mass is 16.5. The molecule has 0 N–H and O–H groups in total. The molecule has 0 heterocycles.